The van der Waals surface area contributed by atoms with Gasteiger partial charge in [0.05, 0.1) is 35.2 Å². The van der Waals surface area contributed by atoms with Crippen molar-refractivity contribution in [3.8, 4) is 0 Å². The summed E-state index contributed by atoms with van der Waals surface area (Å²) < 4.78 is 5.51. The van der Waals surface area contributed by atoms with Crippen LogP contribution in [0.25, 0.3) is 11.0 Å². The highest BCUT2D eigenvalue weighted by Crippen LogP contribution is 2.27. The molecule has 2 atom stereocenters. The van der Waals surface area contributed by atoms with Gasteiger partial charge in [-0.15, -0.1) is 11.8 Å². The summed E-state index contributed by atoms with van der Waals surface area (Å²) in [6, 6.07) is 8.40. The van der Waals surface area contributed by atoms with Crippen LogP contribution in [-0.4, -0.2) is 65.4 Å². The SMILES string of the molecule is CCC(CC)C(CNC(=O)CSC(C)c1nc2ccccc2[nH]1)N1CCOCC1. The number of aromatic amines is 1. The Morgan fingerprint density at radius 2 is 2.00 bits per heavy atom. The second-order valence-corrected chi connectivity index (χ2v) is 9.02. The number of nitrogens with zero attached hydrogens (tertiary/aromatic N) is 2. The number of amides is 1. The molecule has 1 amide bonds. The van der Waals surface area contributed by atoms with Gasteiger partial charge in [0.15, 0.2) is 0 Å². The third-order valence-corrected chi connectivity index (χ3v) is 7.03. The average molecular weight is 419 g/mol. The summed E-state index contributed by atoms with van der Waals surface area (Å²) in [5, 5.41) is 3.33. The Balaban J connectivity index is 1.50. The first kappa shape index (κ1) is 22.1. The highest BCUT2D eigenvalue weighted by Gasteiger charge is 2.27. The molecule has 2 aromatic rings. The smallest absolute Gasteiger partial charge is 0.230 e. The molecular formula is C22H34N4O2S. The van der Waals surface area contributed by atoms with Gasteiger partial charge >= 0.3 is 0 Å². The molecule has 1 saturated heterocycles. The van der Waals surface area contributed by atoms with Crippen molar-refractivity contribution in [3.05, 3.63) is 30.1 Å². The van der Waals surface area contributed by atoms with Gasteiger partial charge in [-0.3, -0.25) is 9.69 Å². The molecule has 160 valence electrons. The lowest BCUT2D eigenvalue weighted by atomic mass is 9.92. The fourth-order valence-corrected chi connectivity index (χ4v) is 4.82. The van der Waals surface area contributed by atoms with Gasteiger partial charge in [-0.25, -0.2) is 4.98 Å². The molecule has 1 aliphatic rings. The van der Waals surface area contributed by atoms with Crippen LogP contribution in [0.4, 0.5) is 0 Å². The molecule has 2 heterocycles. The van der Waals surface area contributed by atoms with E-state index in [0.29, 0.717) is 24.3 Å². The van der Waals surface area contributed by atoms with Gasteiger partial charge in [0.2, 0.25) is 5.91 Å². The Hall–Kier alpha value is -1.57. The number of para-hydroxylation sites is 2. The molecule has 1 aromatic heterocycles. The second kappa shape index (κ2) is 11.0. The molecule has 1 aliphatic heterocycles. The van der Waals surface area contributed by atoms with Crippen molar-refractivity contribution >= 4 is 28.7 Å². The molecule has 1 aromatic carbocycles. The number of nitrogens with one attached hydrogen (secondary N) is 2. The number of carbonyl (C=O) groups excluding carboxylic acids is 1. The number of H-pyrrole nitrogens is 1. The van der Waals surface area contributed by atoms with Crippen LogP contribution in [0.2, 0.25) is 0 Å². The molecule has 2 unspecified atom stereocenters. The summed E-state index contributed by atoms with van der Waals surface area (Å²) in [5.41, 5.74) is 2.01. The van der Waals surface area contributed by atoms with E-state index in [0.717, 1.165) is 56.0 Å². The van der Waals surface area contributed by atoms with E-state index in [1.54, 1.807) is 11.8 Å². The number of rotatable bonds is 10. The number of morpholine rings is 1. The topological polar surface area (TPSA) is 70.2 Å². The van der Waals surface area contributed by atoms with E-state index in [1.165, 1.54) is 0 Å². The van der Waals surface area contributed by atoms with Crippen molar-refractivity contribution in [2.75, 3.05) is 38.6 Å². The van der Waals surface area contributed by atoms with E-state index in [4.69, 9.17) is 4.74 Å². The van der Waals surface area contributed by atoms with Crippen molar-refractivity contribution in [2.45, 2.75) is 44.9 Å². The lowest BCUT2D eigenvalue weighted by Gasteiger charge is -2.38. The van der Waals surface area contributed by atoms with E-state index in [-0.39, 0.29) is 11.2 Å². The van der Waals surface area contributed by atoms with Crippen molar-refractivity contribution in [1.82, 2.24) is 20.2 Å². The number of hydrogen-bond donors (Lipinski definition) is 2. The molecule has 0 bridgehead atoms. The van der Waals surface area contributed by atoms with E-state index in [2.05, 4.69) is 41.0 Å². The zero-order valence-corrected chi connectivity index (χ0v) is 18.6. The number of fused-ring (bicyclic) bond motifs is 1. The first-order valence-electron chi connectivity index (χ1n) is 10.8. The van der Waals surface area contributed by atoms with Crippen LogP contribution in [0.3, 0.4) is 0 Å². The van der Waals surface area contributed by atoms with E-state index in [9.17, 15) is 4.79 Å². The predicted octanol–water partition coefficient (Wildman–Crippen LogP) is 3.61. The van der Waals surface area contributed by atoms with Crippen LogP contribution in [0.5, 0.6) is 0 Å². The largest absolute Gasteiger partial charge is 0.379 e. The predicted molar refractivity (Wildman–Crippen MR) is 120 cm³/mol. The van der Waals surface area contributed by atoms with Crippen molar-refractivity contribution in [3.63, 3.8) is 0 Å². The molecule has 0 spiro atoms. The lowest BCUT2D eigenvalue weighted by molar-refractivity contribution is -0.119. The van der Waals surface area contributed by atoms with Gasteiger partial charge in [0, 0.05) is 25.7 Å². The summed E-state index contributed by atoms with van der Waals surface area (Å²) >= 11 is 1.62. The Kier molecular flexibility index (Phi) is 8.39. The quantitative estimate of drug-likeness (QED) is 0.617. The van der Waals surface area contributed by atoms with Gasteiger partial charge in [-0.05, 0) is 25.0 Å². The molecule has 7 heteroatoms. The number of hydrogen-bond acceptors (Lipinski definition) is 5. The van der Waals surface area contributed by atoms with E-state index in [1.807, 2.05) is 24.3 Å². The Bertz CT molecular complexity index is 738. The third-order valence-electron chi connectivity index (χ3n) is 5.87. The van der Waals surface area contributed by atoms with Gasteiger partial charge < -0.3 is 15.0 Å². The lowest BCUT2D eigenvalue weighted by Crippen LogP contribution is -2.52. The summed E-state index contributed by atoms with van der Waals surface area (Å²) in [7, 11) is 0. The van der Waals surface area contributed by atoms with Gasteiger partial charge in [0.1, 0.15) is 5.82 Å². The maximum Gasteiger partial charge on any atom is 0.230 e. The minimum atomic E-state index is 0.0992. The summed E-state index contributed by atoms with van der Waals surface area (Å²) in [6.07, 6.45) is 2.26. The number of aromatic nitrogens is 2. The highest BCUT2D eigenvalue weighted by atomic mass is 32.2. The molecule has 0 aliphatic carbocycles. The Labute approximate surface area is 178 Å². The van der Waals surface area contributed by atoms with Crippen LogP contribution in [0.15, 0.2) is 24.3 Å². The van der Waals surface area contributed by atoms with Gasteiger partial charge in [0.25, 0.3) is 0 Å². The molecule has 1 fully saturated rings. The monoisotopic (exact) mass is 418 g/mol. The highest BCUT2D eigenvalue weighted by molar-refractivity contribution is 8.00. The molecule has 0 radical (unpaired) electrons. The standard InChI is InChI=1S/C22H34N4O2S/c1-4-17(5-2)20(26-10-12-28-13-11-26)14-23-21(27)15-29-16(3)22-24-18-8-6-7-9-19(18)25-22/h6-9,16-17,20H,4-5,10-15H2,1-3H3,(H,23,27)(H,24,25). The van der Waals surface area contributed by atoms with Crippen molar-refractivity contribution < 1.29 is 9.53 Å². The van der Waals surface area contributed by atoms with Gasteiger partial charge in [-0.2, -0.15) is 0 Å². The minimum absolute atomic E-state index is 0.0992. The summed E-state index contributed by atoms with van der Waals surface area (Å²) in [6.45, 7) is 10.8. The van der Waals surface area contributed by atoms with Gasteiger partial charge in [-0.1, -0.05) is 38.8 Å². The molecule has 6 nitrogen and oxygen atoms in total. The number of imidazole rings is 1. The summed E-state index contributed by atoms with van der Waals surface area (Å²) in [4.78, 5) is 23.0. The molecule has 2 N–H and O–H groups in total. The van der Waals surface area contributed by atoms with Crippen LogP contribution >= 0.6 is 11.8 Å². The summed E-state index contributed by atoms with van der Waals surface area (Å²) in [5.74, 6) is 2.06. The van der Waals surface area contributed by atoms with Crippen LogP contribution in [-0.2, 0) is 9.53 Å². The zero-order chi connectivity index (χ0) is 20.6. The van der Waals surface area contributed by atoms with Crippen LogP contribution in [0, 0.1) is 5.92 Å². The Morgan fingerprint density at radius 1 is 1.28 bits per heavy atom. The number of ether oxygens (including phenoxy) is 1. The molecule has 29 heavy (non-hydrogen) atoms. The maximum absolute atomic E-state index is 12.5. The van der Waals surface area contributed by atoms with Crippen molar-refractivity contribution in [2.24, 2.45) is 5.92 Å². The zero-order valence-electron chi connectivity index (χ0n) is 17.8. The first-order valence-corrected chi connectivity index (χ1v) is 11.8. The molecular weight excluding hydrogens is 384 g/mol. The Morgan fingerprint density at radius 3 is 2.69 bits per heavy atom. The van der Waals surface area contributed by atoms with Crippen molar-refractivity contribution in [1.29, 1.82) is 0 Å². The number of carbonyl (C=O) groups is 1. The van der Waals surface area contributed by atoms with E-state index < -0.39 is 0 Å². The fraction of sp³-hybridized carbons (Fsp3) is 0.636. The minimum Gasteiger partial charge on any atom is -0.379 e. The fourth-order valence-electron chi connectivity index (χ4n) is 4.05. The maximum atomic E-state index is 12.5. The molecule has 0 saturated carbocycles. The normalized spacial score (nSPS) is 17.5. The molecule has 3 rings (SSSR count). The average Bonchev–Trinajstić information content (AvgIpc) is 3.20. The van der Waals surface area contributed by atoms with Crippen LogP contribution in [0.1, 0.15) is 44.7 Å². The number of benzene rings is 1. The second-order valence-electron chi connectivity index (χ2n) is 7.69. The van der Waals surface area contributed by atoms with E-state index >= 15 is 0 Å². The number of thioether (sulfide) groups is 1. The van der Waals surface area contributed by atoms with Crippen LogP contribution < -0.4 is 5.32 Å². The first-order chi connectivity index (χ1) is 14.1. The third kappa shape index (κ3) is 5.96.